The highest BCUT2D eigenvalue weighted by atomic mass is 16.3. The molecule has 0 amide bonds. The highest BCUT2D eigenvalue weighted by Gasteiger charge is 2.24. The quantitative estimate of drug-likeness (QED) is 0.174. The summed E-state index contributed by atoms with van der Waals surface area (Å²) in [6.07, 6.45) is 8.49. The maximum absolute atomic E-state index is 7.30. The number of hydrogen-bond acceptors (Lipinski definition) is 4. The molecule has 1 aliphatic rings. The van der Waals surface area contributed by atoms with Gasteiger partial charge in [0.15, 0.2) is 23.1 Å². The van der Waals surface area contributed by atoms with E-state index in [1.165, 1.54) is 32.6 Å². The lowest BCUT2D eigenvalue weighted by Crippen LogP contribution is -2.03. The van der Waals surface area contributed by atoms with Gasteiger partial charge in [0, 0.05) is 49.1 Å². The van der Waals surface area contributed by atoms with E-state index in [4.69, 9.17) is 19.4 Å². The van der Waals surface area contributed by atoms with Gasteiger partial charge in [0.1, 0.15) is 5.58 Å². The predicted octanol–water partition coefficient (Wildman–Crippen LogP) is 14.2. The van der Waals surface area contributed by atoms with Crippen LogP contribution >= 0.6 is 0 Å². The Labute approximate surface area is 350 Å². The average Bonchev–Trinajstić information content (AvgIpc) is 3.99. The molecular weight excluding hydrogens is 747 g/mol. The van der Waals surface area contributed by atoms with Crippen LogP contribution in [0, 0.1) is 0 Å². The number of hydrogen-bond donors (Lipinski definition) is 0. The lowest BCUT2D eigenvalue weighted by molar-refractivity contribution is 0.667. The van der Waals surface area contributed by atoms with Crippen molar-refractivity contribution in [2.45, 2.75) is 12.8 Å². The van der Waals surface area contributed by atoms with Crippen LogP contribution in [0.4, 0.5) is 0 Å². The highest BCUT2D eigenvalue weighted by Crippen LogP contribution is 2.45. The Bertz CT molecular complexity index is 3810. The maximum atomic E-state index is 7.30. The Kier molecular flexibility index (Phi) is 7.33. The van der Waals surface area contributed by atoms with Crippen LogP contribution < -0.4 is 0 Å². The minimum Gasteiger partial charge on any atom is -0.453 e. The van der Waals surface area contributed by atoms with Crippen molar-refractivity contribution >= 4 is 81.9 Å². The van der Waals surface area contributed by atoms with Gasteiger partial charge in [-0.3, -0.25) is 0 Å². The molecule has 0 fully saturated rings. The van der Waals surface area contributed by atoms with E-state index >= 15 is 0 Å². The molecule has 0 spiro atoms. The van der Waals surface area contributed by atoms with E-state index in [0.29, 0.717) is 17.5 Å². The summed E-state index contributed by atoms with van der Waals surface area (Å²) in [4.78, 5) is 15.4. The fourth-order valence-corrected chi connectivity index (χ4v) is 9.64. The first-order chi connectivity index (χ1) is 30.3. The Morgan fingerprint density at radius 3 is 1.82 bits per heavy atom. The van der Waals surface area contributed by atoms with Crippen LogP contribution in [-0.2, 0) is 0 Å². The van der Waals surface area contributed by atoms with Crippen LogP contribution in [0.15, 0.2) is 193 Å². The molecule has 12 aromatic rings. The molecule has 1 aliphatic carbocycles. The van der Waals surface area contributed by atoms with Gasteiger partial charge in [-0.2, -0.15) is 0 Å². The average molecular weight is 782 g/mol. The smallest absolute Gasteiger partial charge is 0.167 e. The van der Waals surface area contributed by atoms with Crippen molar-refractivity contribution in [2.75, 3.05) is 0 Å². The lowest BCUT2D eigenvalue weighted by atomic mass is 9.99. The van der Waals surface area contributed by atoms with Gasteiger partial charge in [-0.15, -0.1) is 0 Å². The Morgan fingerprint density at radius 2 is 1.07 bits per heavy atom. The molecular formula is C55H35N5O. The van der Waals surface area contributed by atoms with Crippen molar-refractivity contribution < 1.29 is 4.42 Å². The number of para-hydroxylation sites is 4. The number of nitrogens with zero attached hydrogens (tertiary/aromatic N) is 5. The summed E-state index contributed by atoms with van der Waals surface area (Å²) in [5.74, 6) is 1.86. The van der Waals surface area contributed by atoms with Gasteiger partial charge < -0.3 is 13.6 Å². The van der Waals surface area contributed by atoms with E-state index in [1.54, 1.807) is 0 Å². The summed E-state index contributed by atoms with van der Waals surface area (Å²) >= 11 is 0. The van der Waals surface area contributed by atoms with Crippen molar-refractivity contribution in [3.63, 3.8) is 0 Å². The molecule has 6 heteroatoms. The van der Waals surface area contributed by atoms with Crippen molar-refractivity contribution in [3.05, 3.63) is 194 Å². The van der Waals surface area contributed by atoms with E-state index in [2.05, 4.69) is 179 Å². The number of aromatic nitrogens is 5. The largest absolute Gasteiger partial charge is 0.453 e. The maximum Gasteiger partial charge on any atom is 0.167 e. The van der Waals surface area contributed by atoms with Gasteiger partial charge in [-0.05, 0) is 72.1 Å². The van der Waals surface area contributed by atoms with Gasteiger partial charge in [-0.1, -0.05) is 140 Å². The molecule has 4 aromatic heterocycles. The molecule has 0 saturated carbocycles. The molecule has 0 N–H and O–H groups in total. The molecule has 61 heavy (non-hydrogen) atoms. The first-order valence-electron chi connectivity index (χ1n) is 20.8. The van der Waals surface area contributed by atoms with Gasteiger partial charge >= 0.3 is 0 Å². The standard InChI is InChI=1S/C55H35N5O/c1-4-17-34(18-5-1)53-56-54(35-19-6-2-7-20-35)58-55(57-53)44-31-36-21-10-11-24-38(36)50-41-27-16-30-47(51(41)61-52(44)50)60-46-29-15-13-26-40(46)43-32-48-42(33-49(43)60)39-25-12-14-28-45(39)59(48)37-22-8-3-9-23-37/h1,3-6,8-33H,2,7H2. The Morgan fingerprint density at radius 1 is 0.443 bits per heavy atom. The third-order valence-electron chi connectivity index (χ3n) is 12.4. The Hall–Kier alpha value is -8.09. The van der Waals surface area contributed by atoms with Crippen LogP contribution in [0.2, 0.25) is 0 Å². The molecule has 0 bridgehead atoms. The van der Waals surface area contributed by atoms with Crippen molar-refractivity contribution in [2.24, 2.45) is 0 Å². The second kappa shape index (κ2) is 13.2. The van der Waals surface area contributed by atoms with E-state index in [1.807, 2.05) is 18.2 Å². The van der Waals surface area contributed by atoms with E-state index in [-0.39, 0.29) is 0 Å². The van der Waals surface area contributed by atoms with Crippen molar-refractivity contribution in [1.82, 2.24) is 24.1 Å². The molecule has 0 saturated heterocycles. The van der Waals surface area contributed by atoms with Crippen molar-refractivity contribution in [3.8, 4) is 34.2 Å². The minimum absolute atomic E-state index is 0.578. The van der Waals surface area contributed by atoms with E-state index in [0.717, 1.165) is 84.7 Å². The monoisotopic (exact) mass is 781 g/mol. The normalized spacial score (nSPS) is 13.1. The summed E-state index contributed by atoms with van der Waals surface area (Å²) in [5, 5.41) is 9.05. The summed E-state index contributed by atoms with van der Waals surface area (Å²) in [6.45, 7) is 0. The van der Waals surface area contributed by atoms with E-state index in [9.17, 15) is 0 Å². The summed E-state index contributed by atoms with van der Waals surface area (Å²) < 4.78 is 12.1. The van der Waals surface area contributed by atoms with E-state index < -0.39 is 0 Å². The zero-order valence-corrected chi connectivity index (χ0v) is 33.0. The molecule has 13 rings (SSSR count). The molecule has 0 radical (unpaired) electrons. The van der Waals surface area contributed by atoms with Crippen LogP contribution in [0.3, 0.4) is 0 Å². The van der Waals surface area contributed by atoms with Crippen LogP contribution in [0.1, 0.15) is 18.7 Å². The summed E-state index contributed by atoms with van der Waals surface area (Å²) in [5.41, 5.74) is 11.0. The first kappa shape index (κ1) is 33.8. The SMILES string of the molecule is C1=CC(c2nc(-c3ccccc3)nc(-c3cc4ccccc4c4c3oc3c(-n5c6ccccc6c6cc7c(cc65)c5ccccc5n7-c5ccccc5)cccc34)n2)=CCC1. The van der Waals surface area contributed by atoms with Gasteiger partial charge in [0.2, 0.25) is 0 Å². The summed E-state index contributed by atoms with van der Waals surface area (Å²) in [6, 6.07) is 60.3. The number of allylic oxidation sites excluding steroid dienone is 4. The molecule has 6 nitrogen and oxygen atoms in total. The van der Waals surface area contributed by atoms with Gasteiger partial charge in [-0.25, -0.2) is 15.0 Å². The minimum atomic E-state index is 0.578. The summed E-state index contributed by atoms with van der Waals surface area (Å²) in [7, 11) is 0. The third-order valence-corrected chi connectivity index (χ3v) is 12.4. The fourth-order valence-electron chi connectivity index (χ4n) is 9.64. The number of fused-ring (bicyclic) bond motifs is 11. The number of benzene rings is 8. The second-order valence-corrected chi connectivity index (χ2v) is 15.8. The lowest BCUT2D eigenvalue weighted by Gasteiger charge is -2.11. The molecule has 0 unspecified atom stereocenters. The topological polar surface area (TPSA) is 61.7 Å². The zero-order valence-electron chi connectivity index (χ0n) is 33.0. The highest BCUT2D eigenvalue weighted by molar-refractivity contribution is 6.24. The molecule has 286 valence electrons. The Balaban J connectivity index is 1.11. The molecule has 8 aromatic carbocycles. The fraction of sp³-hybridized carbons (Fsp3) is 0.0364. The van der Waals surface area contributed by atoms with Gasteiger partial charge in [0.25, 0.3) is 0 Å². The third kappa shape index (κ3) is 5.12. The number of rotatable bonds is 5. The van der Waals surface area contributed by atoms with Gasteiger partial charge in [0.05, 0.1) is 33.3 Å². The molecule has 4 heterocycles. The van der Waals surface area contributed by atoms with Crippen molar-refractivity contribution in [1.29, 1.82) is 0 Å². The zero-order chi connectivity index (χ0) is 40.0. The predicted molar refractivity (Wildman–Crippen MR) is 251 cm³/mol. The molecule has 0 aliphatic heterocycles. The molecule has 0 atom stereocenters. The van der Waals surface area contributed by atoms with Crippen LogP contribution in [-0.4, -0.2) is 24.1 Å². The second-order valence-electron chi connectivity index (χ2n) is 15.8. The number of furan rings is 1. The van der Waals surface area contributed by atoms with Crippen LogP contribution in [0.5, 0.6) is 0 Å². The van der Waals surface area contributed by atoms with Crippen LogP contribution in [0.25, 0.3) is 116 Å². The first-order valence-corrected chi connectivity index (χ1v) is 20.8.